The Balaban J connectivity index is 1.43. The largest absolute Gasteiger partial charge is 0.457 e. The fourth-order valence-electron chi connectivity index (χ4n) is 4.51. The van der Waals surface area contributed by atoms with Crippen LogP contribution in [0.1, 0.15) is 37.7 Å². The third kappa shape index (κ3) is 6.55. The number of morpholine rings is 1. The van der Waals surface area contributed by atoms with Crippen molar-refractivity contribution in [1.82, 2.24) is 9.80 Å². The second-order valence-corrected chi connectivity index (χ2v) is 8.61. The number of carbonyl (C=O) groups is 1. The van der Waals surface area contributed by atoms with Crippen molar-refractivity contribution in [2.75, 3.05) is 39.4 Å². The zero-order valence-electron chi connectivity index (χ0n) is 18.4. The van der Waals surface area contributed by atoms with E-state index >= 15 is 0 Å². The number of rotatable bonds is 8. The van der Waals surface area contributed by atoms with Crippen molar-refractivity contribution in [3.63, 3.8) is 0 Å². The molecule has 31 heavy (non-hydrogen) atoms. The Labute approximate surface area is 185 Å². The third-order valence-corrected chi connectivity index (χ3v) is 6.31. The number of ether oxygens (including phenoxy) is 2. The average Bonchev–Trinajstić information content (AvgIpc) is 2.83. The fraction of sp³-hybridized carbons (Fsp3) is 0.500. The molecular formula is C26H34N2O3. The Hall–Kier alpha value is -2.37. The van der Waals surface area contributed by atoms with Gasteiger partial charge in [0.2, 0.25) is 5.91 Å². The van der Waals surface area contributed by atoms with Crippen molar-refractivity contribution in [2.24, 2.45) is 5.92 Å². The van der Waals surface area contributed by atoms with E-state index in [0.717, 1.165) is 69.3 Å². The minimum absolute atomic E-state index is 0.183. The zero-order valence-corrected chi connectivity index (χ0v) is 18.4. The van der Waals surface area contributed by atoms with E-state index in [1.165, 1.54) is 19.3 Å². The van der Waals surface area contributed by atoms with Crippen LogP contribution in [0.25, 0.3) is 0 Å². The quantitative estimate of drug-likeness (QED) is 0.617. The molecule has 0 atom stereocenters. The molecule has 2 aliphatic rings. The van der Waals surface area contributed by atoms with Crippen LogP contribution in [0.4, 0.5) is 0 Å². The van der Waals surface area contributed by atoms with Gasteiger partial charge in [0.15, 0.2) is 0 Å². The van der Waals surface area contributed by atoms with Gasteiger partial charge in [-0.05, 0) is 42.7 Å². The van der Waals surface area contributed by atoms with Crippen LogP contribution in [-0.4, -0.2) is 55.1 Å². The van der Waals surface area contributed by atoms with Gasteiger partial charge in [-0.3, -0.25) is 9.69 Å². The maximum Gasteiger partial charge on any atom is 0.226 e. The first-order valence-electron chi connectivity index (χ1n) is 11.7. The van der Waals surface area contributed by atoms with Crippen molar-refractivity contribution in [3.05, 3.63) is 60.2 Å². The molecule has 5 nitrogen and oxygen atoms in total. The molecule has 4 rings (SSSR count). The fourth-order valence-corrected chi connectivity index (χ4v) is 4.51. The van der Waals surface area contributed by atoms with Gasteiger partial charge < -0.3 is 14.4 Å². The Morgan fingerprint density at radius 2 is 1.71 bits per heavy atom. The number of carbonyl (C=O) groups excluding carboxylic acids is 1. The first kappa shape index (κ1) is 21.8. The summed E-state index contributed by atoms with van der Waals surface area (Å²) >= 11 is 0. The van der Waals surface area contributed by atoms with Crippen molar-refractivity contribution in [2.45, 2.75) is 38.6 Å². The first-order valence-corrected chi connectivity index (χ1v) is 11.7. The predicted octanol–water partition coefficient (Wildman–Crippen LogP) is 4.72. The van der Waals surface area contributed by atoms with Gasteiger partial charge in [-0.1, -0.05) is 49.6 Å². The lowest BCUT2D eigenvalue weighted by atomic mass is 9.88. The minimum atomic E-state index is 0.183. The maximum atomic E-state index is 13.4. The second kappa shape index (κ2) is 11.3. The summed E-state index contributed by atoms with van der Waals surface area (Å²) < 4.78 is 11.5. The first-order chi connectivity index (χ1) is 15.3. The lowest BCUT2D eigenvalue weighted by molar-refractivity contribution is -0.137. The molecule has 166 valence electrons. The van der Waals surface area contributed by atoms with E-state index in [9.17, 15) is 4.79 Å². The highest BCUT2D eigenvalue weighted by Gasteiger charge is 2.26. The number of amides is 1. The molecule has 0 spiro atoms. The Morgan fingerprint density at radius 1 is 0.968 bits per heavy atom. The molecule has 2 fully saturated rings. The molecule has 0 aromatic heterocycles. The van der Waals surface area contributed by atoms with E-state index in [0.29, 0.717) is 12.5 Å². The van der Waals surface area contributed by atoms with Gasteiger partial charge in [-0.15, -0.1) is 0 Å². The highest BCUT2D eigenvalue weighted by Crippen LogP contribution is 2.27. The topological polar surface area (TPSA) is 42.0 Å². The Kier molecular flexibility index (Phi) is 7.97. The molecule has 0 bridgehead atoms. The van der Waals surface area contributed by atoms with Crippen LogP contribution in [0.15, 0.2) is 54.6 Å². The lowest BCUT2D eigenvalue weighted by Crippen LogP contribution is -2.44. The second-order valence-electron chi connectivity index (χ2n) is 8.61. The van der Waals surface area contributed by atoms with Gasteiger partial charge in [-0.25, -0.2) is 0 Å². The summed E-state index contributed by atoms with van der Waals surface area (Å²) in [4.78, 5) is 17.9. The van der Waals surface area contributed by atoms with E-state index in [1.54, 1.807) is 0 Å². The monoisotopic (exact) mass is 422 g/mol. The molecule has 1 heterocycles. The van der Waals surface area contributed by atoms with Gasteiger partial charge in [0, 0.05) is 38.6 Å². The zero-order chi connectivity index (χ0) is 21.3. The molecule has 1 amide bonds. The van der Waals surface area contributed by atoms with Gasteiger partial charge in [0.25, 0.3) is 0 Å². The van der Waals surface area contributed by atoms with E-state index < -0.39 is 0 Å². The smallest absolute Gasteiger partial charge is 0.226 e. The molecule has 1 aliphatic heterocycles. The van der Waals surface area contributed by atoms with E-state index in [1.807, 2.05) is 42.5 Å². The van der Waals surface area contributed by atoms with Crippen LogP contribution in [0.3, 0.4) is 0 Å². The summed E-state index contributed by atoms with van der Waals surface area (Å²) in [6.45, 7) is 5.77. The van der Waals surface area contributed by atoms with E-state index in [2.05, 4.69) is 21.9 Å². The molecule has 2 aromatic rings. The van der Waals surface area contributed by atoms with Crippen LogP contribution in [0.2, 0.25) is 0 Å². The van der Waals surface area contributed by atoms with Gasteiger partial charge in [0.05, 0.1) is 13.2 Å². The number of benzene rings is 2. The number of para-hydroxylation sites is 1. The Morgan fingerprint density at radius 3 is 2.48 bits per heavy atom. The van der Waals surface area contributed by atoms with Crippen LogP contribution in [-0.2, 0) is 16.1 Å². The van der Waals surface area contributed by atoms with Gasteiger partial charge in [-0.2, -0.15) is 0 Å². The van der Waals surface area contributed by atoms with Crippen LogP contribution in [0, 0.1) is 5.92 Å². The molecule has 1 aliphatic carbocycles. The molecule has 0 N–H and O–H groups in total. The summed E-state index contributed by atoms with van der Waals surface area (Å²) in [5.74, 6) is 2.13. The van der Waals surface area contributed by atoms with Crippen molar-refractivity contribution < 1.29 is 14.3 Å². The van der Waals surface area contributed by atoms with Crippen molar-refractivity contribution >= 4 is 5.91 Å². The highest BCUT2D eigenvalue weighted by molar-refractivity contribution is 5.79. The molecule has 1 saturated carbocycles. The summed E-state index contributed by atoms with van der Waals surface area (Å²) in [5.41, 5.74) is 1.11. The molecule has 2 aromatic carbocycles. The minimum Gasteiger partial charge on any atom is -0.457 e. The Bertz CT molecular complexity index is 814. The molecule has 5 heteroatoms. The predicted molar refractivity (Wildman–Crippen MR) is 122 cm³/mol. The lowest BCUT2D eigenvalue weighted by Gasteiger charge is -2.33. The van der Waals surface area contributed by atoms with Crippen LogP contribution < -0.4 is 4.74 Å². The normalized spacial score (nSPS) is 17.9. The van der Waals surface area contributed by atoms with Gasteiger partial charge >= 0.3 is 0 Å². The highest BCUT2D eigenvalue weighted by atomic mass is 16.5. The molecule has 0 unspecified atom stereocenters. The summed E-state index contributed by atoms with van der Waals surface area (Å²) in [7, 11) is 0. The molecular weight excluding hydrogens is 388 g/mol. The average molecular weight is 423 g/mol. The number of hydrogen-bond donors (Lipinski definition) is 0. The van der Waals surface area contributed by atoms with Crippen LogP contribution >= 0.6 is 0 Å². The third-order valence-electron chi connectivity index (χ3n) is 6.31. The number of hydrogen-bond acceptors (Lipinski definition) is 4. The summed E-state index contributed by atoms with van der Waals surface area (Å²) in [5, 5.41) is 0. The maximum absolute atomic E-state index is 13.4. The van der Waals surface area contributed by atoms with Crippen molar-refractivity contribution in [3.8, 4) is 11.5 Å². The van der Waals surface area contributed by atoms with Crippen molar-refractivity contribution in [1.29, 1.82) is 0 Å². The summed E-state index contributed by atoms with van der Waals surface area (Å²) in [6, 6.07) is 18.0. The molecule has 1 saturated heterocycles. The van der Waals surface area contributed by atoms with E-state index in [4.69, 9.17) is 9.47 Å². The summed E-state index contributed by atoms with van der Waals surface area (Å²) in [6.07, 6.45) is 5.67. The van der Waals surface area contributed by atoms with E-state index in [-0.39, 0.29) is 5.92 Å². The SMILES string of the molecule is O=C(C1CCCCC1)N(CCN1CCOCC1)Cc1cccc(Oc2ccccc2)c1. The number of nitrogens with zero attached hydrogens (tertiary/aromatic N) is 2. The molecule has 0 radical (unpaired) electrons. The van der Waals surface area contributed by atoms with Crippen LogP contribution in [0.5, 0.6) is 11.5 Å². The van der Waals surface area contributed by atoms with Gasteiger partial charge in [0.1, 0.15) is 11.5 Å². The standard InChI is InChI=1S/C26H34N2O3/c29-26(23-9-3-1-4-10-23)28(15-14-27-16-18-30-19-17-27)21-22-8-7-13-25(20-22)31-24-11-5-2-6-12-24/h2,5-8,11-13,20,23H,1,3-4,9-10,14-19,21H2.